The van der Waals surface area contributed by atoms with Gasteiger partial charge in [-0.15, -0.1) is 0 Å². The van der Waals surface area contributed by atoms with Crippen LogP contribution in [0.4, 0.5) is 9.52 Å². The standard InChI is InChI=1S/C12H8ClFN2O3S2/c13-10-4-3-8(14)6-11(10)21(18,19)16-12-15-7-9(20-12)2-1-5-17/h3-4,6-7,17H,5H2,(H,15,16). The zero-order valence-corrected chi connectivity index (χ0v) is 12.7. The van der Waals surface area contributed by atoms with E-state index in [4.69, 9.17) is 16.7 Å². The van der Waals surface area contributed by atoms with Crippen LogP contribution in [0.25, 0.3) is 0 Å². The summed E-state index contributed by atoms with van der Waals surface area (Å²) in [5.74, 6) is 4.30. The second kappa shape index (κ2) is 6.41. The summed E-state index contributed by atoms with van der Waals surface area (Å²) in [5, 5.41) is 8.55. The first-order chi connectivity index (χ1) is 9.92. The summed E-state index contributed by atoms with van der Waals surface area (Å²) < 4.78 is 39.6. The first kappa shape index (κ1) is 15.7. The fraction of sp³-hybridized carbons (Fsp3) is 0.0833. The number of benzene rings is 1. The number of aliphatic hydroxyl groups excluding tert-OH is 1. The lowest BCUT2D eigenvalue weighted by atomic mass is 10.3. The second-order valence-corrected chi connectivity index (χ2v) is 6.76. The highest BCUT2D eigenvalue weighted by Crippen LogP contribution is 2.26. The van der Waals surface area contributed by atoms with Gasteiger partial charge < -0.3 is 5.11 Å². The third-order valence-corrected chi connectivity index (χ3v) is 4.98. The van der Waals surface area contributed by atoms with Gasteiger partial charge in [-0.2, -0.15) is 0 Å². The lowest BCUT2D eigenvalue weighted by molar-refractivity contribution is 0.350. The highest BCUT2D eigenvalue weighted by atomic mass is 35.5. The van der Waals surface area contributed by atoms with Crippen LogP contribution in [0.2, 0.25) is 5.02 Å². The number of sulfonamides is 1. The molecule has 0 amide bonds. The molecule has 0 aliphatic carbocycles. The molecule has 21 heavy (non-hydrogen) atoms. The van der Waals surface area contributed by atoms with E-state index < -0.39 is 15.8 Å². The minimum absolute atomic E-state index is 0.0672. The minimum atomic E-state index is -4.05. The molecular formula is C12H8ClFN2O3S2. The van der Waals surface area contributed by atoms with Crippen molar-refractivity contribution in [3.05, 3.63) is 40.1 Å². The summed E-state index contributed by atoms with van der Waals surface area (Å²) >= 11 is 6.75. The number of thiazole rings is 1. The average molecular weight is 347 g/mol. The summed E-state index contributed by atoms with van der Waals surface area (Å²) in [6.07, 6.45) is 1.36. The highest BCUT2D eigenvalue weighted by Gasteiger charge is 2.20. The van der Waals surface area contributed by atoms with Crippen LogP contribution >= 0.6 is 22.9 Å². The number of anilines is 1. The molecule has 1 heterocycles. The zero-order valence-electron chi connectivity index (χ0n) is 10.3. The summed E-state index contributed by atoms with van der Waals surface area (Å²) in [6, 6.07) is 3.05. The predicted molar refractivity (Wildman–Crippen MR) is 78.3 cm³/mol. The van der Waals surface area contributed by atoms with Crippen LogP contribution in [0.5, 0.6) is 0 Å². The van der Waals surface area contributed by atoms with Crippen molar-refractivity contribution >= 4 is 38.1 Å². The van der Waals surface area contributed by atoms with Gasteiger partial charge in [0.1, 0.15) is 17.3 Å². The Morgan fingerprint density at radius 2 is 2.24 bits per heavy atom. The summed E-state index contributed by atoms with van der Waals surface area (Å²) in [4.78, 5) is 3.95. The molecule has 0 unspecified atom stereocenters. The molecule has 2 aromatic rings. The molecule has 0 radical (unpaired) electrons. The van der Waals surface area contributed by atoms with Crippen LogP contribution in [0.15, 0.2) is 29.3 Å². The summed E-state index contributed by atoms with van der Waals surface area (Å²) in [6.45, 7) is -0.308. The van der Waals surface area contributed by atoms with Crippen molar-refractivity contribution in [2.24, 2.45) is 0 Å². The molecule has 1 aromatic heterocycles. The fourth-order valence-corrected chi connectivity index (χ4v) is 3.80. The van der Waals surface area contributed by atoms with E-state index in [9.17, 15) is 12.8 Å². The molecule has 0 atom stereocenters. The van der Waals surface area contributed by atoms with E-state index in [1.807, 2.05) is 0 Å². The molecule has 9 heteroatoms. The van der Waals surface area contributed by atoms with Crippen LogP contribution in [0, 0.1) is 17.7 Å². The molecular weight excluding hydrogens is 339 g/mol. The molecule has 0 fully saturated rings. The molecule has 0 aliphatic rings. The SMILES string of the molecule is O=S(=O)(Nc1ncc(C#CCO)s1)c1cc(F)ccc1Cl. The van der Waals surface area contributed by atoms with Gasteiger partial charge >= 0.3 is 0 Å². The Bertz CT molecular complexity index is 825. The smallest absolute Gasteiger partial charge is 0.265 e. The van der Waals surface area contributed by atoms with Crippen LogP contribution in [0.3, 0.4) is 0 Å². The maximum Gasteiger partial charge on any atom is 0.265 e. The Labute approximate surface area is 129 Å². The summed E-state index contributed by atoms with van der Waals surface area (Å²) in [7, 11) is -4.05. The van der Waals surface area contributed by atoms with Crippen molar-refractivity contribution in [1.29, 1.82) is 0 Å². The van der Waals surface area contributed by atoms with Gasteiger partial charge in [-0.1, -0.05) is 34.8 Å². The first-order valence-corrected chi connectivity index (χ1v) is 8.13. The van der Waals surface area contributed by atoms with Gasteiger partial charge in [0.25, 0.3) is 10.0 Å². The number of halogens is 2. The van der Waals surface area contributed by atoms with Gasteiger partial charge in [-0.05, 0) is 18.2 Å². The van der Waals surface area contributed by atoms with E-state index in [1.54, 1.807) is 0 Å². The van der Waals surface area contributed by atoms with Crippen molar-refractivity contribution in [2.45, 2.75) is 4.90 Å². The largest absolute Gasteiger partial charge is 0.384 e. The van der Waals surface area contributed by atoms with E-state index in [2.05, 4.69) is 21.5 Å². The van der Waals surface area contributed by atoms with Crippen molar-refractivity contribution in [2.75, 3.05) is 11.3 Å². The highest BCUT2D eigenvalue weighted by molar-refractivity contribution is 7.93. The quantitative estimate of drug-likeness (QED) is 0.834. The second-order valence-electron chi connectivity index (χ2n) is 3.67. The molecule has 0 saturated heterocycles. The topological polar surface area (TPSA) is 79.3 Å². The van der Waals surface area contributed by atoms with Gasteiger partial charge in [0, 0.05) is 0 Å². The van der Waals surface area contributed by atoms with Gasteiger partial charge in [-0.3, -0.25) is 4.72 Å². The lowest BCUT2D eigenvalue weighted by Crippen LogP contribution is -2.13. The summed E-state index contributed by atoms with van der Waals surface area (Å²) in [5.41, 5.74) is 0. The number of aromatic nitrogens is 1. The van der Waals surface area contributed by atoms with Gasteiger partial charge in [0.15, 0.2) is 5.13 Å². The number of hydrogen-bond acceptors (Lipinski definition) is 5. The average Bonchev–Trinajstić information content (AvgIpc) is 2.86. The Morgan fingerprint density at radius 1 is 1.48 bits per heavy atom. The van der Waals surface area contributed by atoms with E-state index >= 15 is 0 Å². The first-order valence-electron chi connectivity index (χ1n) is 5.46. The third-order valence-electron chi connectivity index (χ3n) is 2.20. The van der Waals surface area contributed by atoms with Crippen LogP contribution < -0.4 is 4.72 Å². The van der Waals surface area contributed by atoms with Gasteiger partial charge in [0.05, 0.1) is 16.1 Å². The minimum Gasteiger partial charge on any atom is -0.384 e. The van der Waals surface area contributed by atoms with Gasteiger partial charge in [-0.25, -0.2) is 17.8 Å². The maximum atomic E-state index is 13.2. The molecule has 0 aliphatic heterocycles. The van der Waals surface area contributed by atoms with E-state index in [0.29, 0.717) is 4.88 Å². The number of hydrogen-bond donors (Lipinski definition) is 2. The molecule has 2 rings (SSSR count). The normalized spacial score (nSPS) is 10.8. The van der Waals surface area contributed by atoms with Crippen molar-refractivity contribution in [3.63, 3.8) is 0 Å². The Morgan fingerprint density at radius 3 is 2.95 bits per heavy atom. The Hall–Kier alpha value is -1.66. The van der Waals surface area contributed by atoms with Crippen molar-refractivity contribution < 1.29 is 17.9 Å². The number of aliphatic hydroxyl groups is 1. The monoisotopic (exact) mass is 346 g/mol. The van der Waals surface area contributed by atoms with Gasteiger partial charge in [0.2, 0.25) is 0 Å². The predicted octanol–water partition coefficient (Wildman–Crippen LogP) is 2.08. The number of nitrogens with zero attached hydrogens (tertiary/aromatic N) is 1. The lowest BCUT2D eigenvalue weighted by Gasteiger charge is -2.06. The van der Waals surface area contributed by atoms with Crippen LogP contribution in [0.1, 0.15) is 4.88 Å². The molecule has 0 saturated carbocycles. The molecule has 0 bridgehead atoms. The fourth-order valence-electron chi connectivity index (χ4n) is 1.36. The van der Waals surface area contributed by atoms with E-state index in [0.717, 1.165) is 29.5 Å². The third kappa shape index (κ3) is 3.92. The van der Waals surface area contributed by atoms with E-state index in [-0.39, 0.29) is 21.7 Å². The molecule has 2 N–H and O–H groups in total. The molecule has 5 nitrogen and oxygen atoms in total. The molecule has 1 aromatic carbocycles. The number of nitrogens with one attached hydrogen (secondary N) is 1. The molecule has 110 valence electrons. The molecule has 0 spiro atoms. The van der Waals surface area contributed by atoms with E-state index in [1.165, 1.54) is 6.20 Å². The zero-order chi connectivity index (χ0) is 15.5. The Kier molecular flexibility index (Phi) is 4.80. The van der Waals surface area contributed by atoms with Crippen molar-refractivity contribution in [3.8, 4) is 11.8 Å². The maximum absolute atomic E-state index is 13.2. The van der Waals surface area contributed by atoms with Crippen molar-refractivity contribution in [1.82, 2.24) is 4.98 Å². The Balaban J connectivity index is 2.29. The van der Waals surface area contributed by atoms with Crippen LogP contribution in [-0.4, -0.2) is 25.1 Å². The number of rotatable bonds is 3. The van der Waals surface area contributed by atoms with Crippen LogP contribution in [-0.2, 0) is 10.0 Å².